The number of carbonyl (C=O) groups excluding carboxylic acids is 2. The van der Waals surface area contributed by atoms with Crippen molar-refractivity contribution in [3.05, 3.63) is 34.9 Å². The van der Waals surface area contributed by atoms with E-state index in [9.17, 15) is 9.59 Å². The van der Waals surface area contributed by atoms with Gasteiger partial charge in [0, 0.05) is 25.7 Å². The number of halogens is 1. The number of nitrogens with zero attached hydrogens (tertiary/aromatic N) is 3. The van der Waals surface area contributed by atoms with E-state index in [1.54, 1.807) is 26.2 Å². The van der Waals surface area contributed by atoms with Crippen LogP contribution in [0.1, 0.15) is 5.56 Å². The number of hydrogen-bond acceptors (Lipinski definition) is 3. The summed E-state index contributed by atoms with van der Waals surface area (Å²) in [6.45, 7) is 0.494. The Balaban J connectivity index is 1.90. The number of hydrogen-bond donors (Lipinski definition) is 2. The highest BCUT2D eigenvalue weighted by atomic mass is 35.5. The molecule has 8 heteroatoms. The first-order valence-corrected chi connectivity index (χ1v) is 7.21. The number of amides is 3. The van der Waals surface area contributed by atoms with Crippen LogP contribution in [0.3, 0.4) is 0 Å². The summed E-state index contributed by atoms with van der Waals surface area (Å²) in [6, 6.07) is 6.48. The lowest BCUT2D eigenvalue weighted by Crippen LogP contribution is -2.64. The number of aliphatic imine (C=N–C) groups is 1. The molecule has 2 atom stereocenters. The molecule has 2 N–H and O–H groups in total. The fourth-order valence-electron chi connectivity index (χ4n) is 2.74. The molecular formula is C14H16ClN5O2. The Labute approximate surface area is 132 Å². The van der Waals surface area contributed by atoms with Crippen LogP contribution in [-0.4, -0.2) is 54.0 Å². The lowest BCUT2D eigenvalue weighted by molar-refractivity contribution is -0.127. The number of nitrogens with one attached hydrogen (secondary N) is 2. The van der Waals surface area contributed by atoms with Gasteiger partial charge in [-0.25, -0.2) is 4.79 Å². The molecule has 0 radical (unpaired) electrons. The van der Waals surface area contributed by atoms with Gasteiger partial charge in [-0.15, -0.1) is 0 Å². The van der Waals surface area contributed by atoms with Crippen molar-refractivity contribution in [2.75, 3.05) is 14.1 Å². The van der Waals surface area contributed by atoms with Gasteiger partial charge in [0.15, 0.2) is 12.0 Å². The number of urea groups is 1. The zero-order valence-electron chi connectivity index (χ0n) is 12.2. The van der Waals surface area contributed by atoms with E-state index in [1.165, 1.54) is 4.90 Å². The number of likely N-dealkylation sites (N-methyl/N-ethyl adjacent to an activating group) is 1. The first-order valence-electron chi connectivity index (χ1n) is 6.83. The minimum Gasteiger partial charge on any atom is -0.334 e. The van der Waals surface area contributed by atoms with Gasteiger partial charge >= 0.3 is 6.03 Å². The molecule has 1 aromatic carbocycles. The number of rotatable bonds is 2. The number of imide groups is 1. The lowest BCUT2D eigenvalue weighted by atomic mass is 10.1. The van der Waals surface area contributed by atoms with E-state index in [2.05, 4.69) is 15.6 Å². The van der Waals surface area contributed by atoms with E-state index in [0.29, 0.717) is 17.5 Å². The molecule has 2 saturated heterocycles. The molecule has 2 aliphatic rings. The van der Waals surface area contributed by atoms with Crippen LogP contribution in [0.5, 0.6) is 0 Å². The summed E-state index contributed by atoms with van der Waals surface area (Å²) < 4.78 is 0. The minimum absolute atomic E-state index is 0.326. The standard InChI is InChI=1S/C14H16ClN5O2/c1-16-13-17-11-10(12(21)18-14(22)19(11)2)20(13)7-8-3-5-9(15)6-4-8/h3-6,10-11H,7H2,1-2H3,(H,16,17)(H,18,21,22). The van der Waals surface area contributed by atoms with Crippen molar-refractivity contribution in [2.24, 2.45) is 4.99 Å². The summed E-state index contributed by atoms with van der Waals surface area (Å²) in [4.78, 5) is 31.5. The normalized spacial score (nSPS) is 26.0. The van der Waals surface area contributed by atoms with Crippen LogP contribution < -0.4 is 10.6 Å². The second-order valence-electron chi connectivity index (χ2n) is 5.24. The van der Waals surface area contributed by atoms with Crippen molar-refractivity contribution in [2.45, 2.75) is 18.8 Å². The maximum Gasteiger partial charge on any atom is 0.325 e. The molecular weight excluding hydrogens is 306 g/mol. The maximum absolute atomic E-state index is 12.2. The predicted octanol–water partition coefficient (Wildman–Crippen LogP) is 0.607. The van der Waals surface area contributed by atoms with Gasteiger partial charge in [-0.3, -0.25) is 15.1 Å². The molecule has 0 bridgehead atoms. The fraction of sp³-hybridized carbons (Fsp3) is 0.357. The molecule has 3 rings (SSSR count). The Morgan fingerprint density at radius 3 is 2.59 bits per heavy atom. The van der Waals surface area contributed by atoms with Crippen molar-refractivity contribution in [1.82, 2.24) is 20.4 Å². The first-order chi connectivity index (χ1) is 10.5. The fourth-order valence-corrected chi connectivity index (χ4v) is 2.86. The Bertz CT molecular complexity index is 645. The van der Waals surface area contributed by atoms with Gasteiger partial charge in [-0.2, -0.15) is 0 Å². The monoisotopic (exact) mass is 321 g/mol. The largest absolute Gasteiger partial charge is 0.334 e. The minimum atomic E-state index is -0.517. The van der Waals surface area contributed by atoms with Crippen molar-refractivity contribution < 1.29 is 9.59 Å². The third-order valence-electron chi connectivity index (χ3n) is 3.90. The molecule has 7 nitrogen and oxygen atoms in total. The first kappa shape index (κ1) is 14.6. The van der Waals surface area contributed by atoms with E-state index >= 15 is 0 Å². The molecule has 1 aromatic rings. The summed E-state index contributed by atoms with van der Waals surface area (Å²) in [5, 5.41) is 6.15. The molecule has 0 saturated carbocycles. The molecule has 3 amide bonds. The second-order valence-corrected chi connectivity index (χ2v) is 5.68. The van der Waals surface area contributed by atoms with Gasteiger partial charge in [0.1, 0.15) is 6.17 Å². The Morgan fingerprint density at radius 1 is 1.27 bits per heavy atom. The highest BCUT2D eigenvalue weighted by Crippen LogP contribution is 2.23. The molecule has 2 heterocycles. The van der Waals surface area contributed by atoms with Gasteiger partial charge in [0.2, 0.25) is 0 Å². The Morgan fingerprint density at radius 2 is 1.95 bits per heavy atom. The summed E-state index contributed by atoms with van der Waals surface area (Å²) >= 11 is 5.90. The molecule has 116 valence electrons. The van der Waals surface area contributed by atoms with Gasteiger partial charge in [0.05, 0.1) is 0 Å². The number of carbonyl (C=O) groups is 2. The van der Waals surface area contributed by atoms with Crippen LogP contribution >= 0.6 is 11.6 Å². The summed E-state index contributed by atoms with van der Waals surface area (Å²) in [7, 11) is 3.29. The smallest absolute Gasteiger partial charge is 0.325 e. The van der Waals surface area contributed by atoms with Crippen molar-refractivity contribution in [3.8, 4) is 0 Å². The third kappa shape index (κ3) is 2.37. The SMILES string of the molecule is CN=C1NC2C(C(=O)NC(=O)N2C)N1Cc1ccc(Cl)cc1. The highest BCUT2D eigenvalue weighted by Gasteiger charge is 2.49. The average molecular weight is 322 g/mol. The molecule has 2 unspecified atom stereocenters. The third-order valence-corrected chi connectivity index (χ3v) is 4.15. The van der Waals surface area contributed by atoms with Gasteiger partial charge in [0.25, 0.3) is 5.91 Å². The second kappa shape index (κ2) is 5.49. The topological polar surface area (TPSA) is 77.0 Å². The summed E-state index contributed by atoms with van der Waals surface area (Å²) in [5.74, 6) is 0.259. The van der Waals surface area contributed by atoms with Crippen LogP contribution in [0.25, 0.3) is 0 Å². The molecule has 0 aliphatic carbocycles. The lowest BCUT2D eigenvalue weighted by Gasteiger charge is -2.35. The van der Waals surface area contributed by atoms with Crippen LogP contribution in [0, 0.1) is 0 Å². The zero-order valence-corrected chi connectivity index (χ0v) is 13.0. The number of benzene rings is 1. The quantitative estimate of drug-likeness (QED) is 0.836. The molecule has 2 aliphatic heterocycles. The van der Waals surface area contributed by atoms with Crippen LogP contribution in [0.15, 0.2) is 29.3 Å². The molecule has 22 heavy (non-hydrogen) atoms. The van der Waals surface area contributed by atoms with Gasteiger partial charge in [-0.05, 0) is 17.7 Å². The van der Waals surface area contributed by atoms with Crippen molar-refractivity contribution in [3.63, 3.8) is 0 Å². The van der Waals surface area contributed by atoms with Gasteiger partial charge < -0.3 is 15.1 Å². The van der Waals surface area contributed by atoms with E-state index < -0.39 is 18.2 Å². The highest BCUT2D eigenvalue weighted by molar-refractivity contribution is 6.30. The average Bonchev–Trinajstić information content (AvgIpc) is 2.86. The number of fused-ring (bicyclic) bond motifs is 1. The predicted molar refractivity (Wildman–Crippen MR) is 82.4 cm³/mol. The van der Waals surface area contributed by atoms with Crippen LogP contribution in [-0.2, 0) is 11.3 Å². The zero-order chi connectivity index (χ0) is 15.9. The van der Waals surface area contributed by atoms with E-state index in [-0.39, 0.29) is 5.91 Å². The Hall–Kier alpha value is -2.28. The van der Waals surface area contributed by atoms with Crippen molar-refractivity contribution in [1.29, 1.82) is 0 Å². The Kier molecular flexibility index (Phi) is 3.66. The maximum atomic E-state index is 12.2. The number of guanidine groups is 1. The van der Waals surface area contributed by atoms with Crippen molar-refractivity contribution >= 4 is 29.5 Å². The van der Waals surface area contributed by atoms with E-state index in [1.807, 2.05) is 17.0 Å². The van der Waals surface area contributed by atoms with Gasteiger partial charge in [-0.1, -0.05) is 23.7 Å². The van der Waals surface area contributed by atoms with E-state index in [0.717, 1.165) is 5.56 Å². The van der Waals surface area contributed by atoms with E-state index in [4.69, 9.17) is 11.6 Å². The van der Waals surface area contributed by atoms with Crippen LogP contribution in [0.4, 0.5) is 4.79 Å². The van der Waals surface area contributed by atoms with Crippen LogP contribution in [0.2, 0.25) is 5.02 Å². The summed E-state index contributed by atoms with van der Waals surface area (Å²) in [6.07, 6.45) is -0.424. The molecule has 0 spiro atoms. The molecule has 2 fully saturated rings. The molecule has 0 aromatic heterocycles. The summed E-state index contributed by atoms with van der Waals surface area (Å²) in [5.41, 5.74) is 1.00.